The van der Waals surface area contributed by atoms with E-state index in [1.54, 1.807) is 0 Å². The van der Waals surface area contributed by atoms with Crippen LogP contribution in [0.5, 0.6) is 0 Å². The molecule has 0 fully saturated rings. The van der Waals surface area contributed by atoms with Crippen molar-refractivity contribution in [2.24, 2.45) is 0 Å². The number of rotatable bonds is 2. The first kappa shape index (κ1) is 21.9. The maximum atomic E-state index is 3.62. The second-order valence-electron chi connectivity index (χ2n) is 6.21. The smallest absolute Gasteiger partial charge is 1.00 e. The van der Waals surface area contributed by atoms with Gasteiger partial charge in [-0.15, -0.1) is 11.1 Å². The third-order valence-corrected chi connectivity index (χ3v) is 4.13. The van der Waals surface area contributed by atoms with E-state index < -0.39 is 0 Å². The molecule has 22 heavy (non-hydrogen) atoms. The van der Waals surface area contributed by atoms with E-state index >= 15 is 0 Å². The Labute approximate surface area is 166 Å². The van der Waals surface area contributed by atoms with Crippen molar-refractivity contribution in [1.29, 1.82) is 0 Å². The second kappa shape index (κ2) is 8.67. The van der Waals surface area contributed by atoms with Gasteiger partial charge in [-0.2, -0.15) is 23.8 Å². The molecule has 1 aliphatic rings. The number of hydrogen-bond acceptors (Lipinski definition) is 0. The molecule has 0 atom stereocenters. The molecule has 0 aromatic heterocycles. The summed E-state index contributed by atoms with van der Waals surface area (Å²) in [5, 5.41) is 0. The number of benzene rings is 2. The Morgan fingerprint density at radius 1 is 0.864 bits per heavy atom. The predicted molar refractivity (Wildman–Crippen MR) is 81.7 cm³/mol. The Bertz CT molecular complexity index is 578. The Kier molecular flexibility index (Phi) is 8.63. The molecule has 0 unspecified atom stereocenters. The minimum atomic E-state index is 0. The molecule has 0 amide bonds. The van der Waals surface area contributed by atoms with Gasteiger partial charge >= 0.3 is 26.2 Å². The summed E-state index contributed by atoms with van der Waals surface area (Å²) < 4.78 is 0. The molecule has 2 aromatic carbocycles. The zero-order valence-electron chi connectivity index (χ0n) is 13.5. The quantitative estimate of drug-likeness (QED) is 0.490. The summed E-state index contributed by atoms with van der Waals surface area (Å²) in [7, 11) is 0. The van der Waals surface area contributed by atoms with Crippen LogP contribution in [0.15, 0.2) is 30.3 Å². The van der Waals surface area contributed by atoms with Crippen molar-refractivity contribution >= 4 is 0 Å². The van der Waals surface area contributed by atoms with E-state index in [9.17, 15) is 0 Å². The Balaban J connectivity index is 0.00000147. The third kappa shape index (κ3) is 4.05. The summed E-state index contributed by atoms with van der Waals surface area (Å²) in [6, 6.07) is 15.1. The molecule has 0 spiro atoms. The molecule has 1 aliphatic carbocycles. The fourth-order valence-corrected chi connectivity index (χ4v) is 2.86. The van der Waals surface area contributed by atoms with Crippen LogP contribution in [-0.4, -0.2) is 0 Å². The van der Waals surface area contributed by atoms with Gasteiger partial charge < -0.3 is 24.8 Å². The van der Waals surface area contributed by atoms with Crippen LogP contribution >= 0.6 is 0 Å². The van der Waals surface area contributed by atoms with Gasteiger partial charge in [-0.05, 0) is 29.4 Å². The number of fused-ring (bicyclic) bond motifs is 3. The van der Waals surface area contributed by atoms with Crippen molar-refractivity contribution in [2.75, 3.05) is 0 Å². The van der Waals surface area contributed by atoms with Crippen LogP contribution in [0.3, 0.4) is 0 Å². The van der Waals surface area contributed by atoms with E-state index in [-0.39, 0.29) is 51.0 Å². The summed E-state index contributed by atoms with van der Waals surface area (Å²) in [5.74, 6) is 1.16. The molecule has 1 radical (unpaired) electrons. The van der Waals surface area contributed by atoms with Crippen molar-refractivity contribution < 1.29 is 51.0 Å². The maximum Gasteiger partial charge on any atom is 3.00 e. The molecule has 0 nitrogen and oxygen atoms in total. The zero-order valence-corrected chi connectivity index (χ0v) is 17.5. The van der Waals surface area contributed by atoms with Gasteiger partial charge in [0.2, 0.25) is 0 Å². The summed E-state index contributed by atoms with van der Waals surface area (Å²) in [6.45, 7) is 8.98. The van der Waals surface area contributed by atoms with Gasteiger partial charge in [0.15, 0.2) is 0 Å². The molecule has 0 bridgehead atoms. The first-order valence-corrected chi connectivity index (χ1v) is 7.24. The van der Waals surface area contributed by atoms with E-state index in [0.717, 1.165) is 6.42 Å². The van der Waals surface area contributed by atoms with Crippen LogP contribution in [0.25, 0.3) is 11.1 Å². The molecule has 115 valence electrons. The summed E-state index contributed by atoms with van der Waals surface area (Å²) in [6.07, 6.45) is 1.05. The topological polar surface area (TPSA) is 0 Å². The van der Waals surface area contributed by atoms with Crippen molar-refractivity contribution in [2.45, 2.75) is 46.0 Å². The monoisotopic (exact) mass is 409 g/mol. The van der Waals surface area contributed by atoms with E-state index in [1.807, 2.05) is 0 Å². The molecule has 2 aromatic rings. The minimum Gasteiger partial charge on any atom is -1.00 e. The summed E-state index contributed by atoms with van der Waals surface area (Å²) >= 11 is 0. The van der Waals surface area contributed by atoms with Gasteiger partial charge in [-0.1, -0.05) is 51.5 Å². The molecular formula is C19H21Cl2Zr. The van der Waals surface area contributed by atoms with Crippen molar-refractivity contribution in [3.8, 4) is 11.1 Å². The number of halogens is 2. The Morgan fingerprint density at radius 2 is 1.50 bits per heavy atom. The molecule has 0 N–H and O–H groups in total. The zero-order chi connectivity index (χ0) is 13.6. The summed E-state index contributed by atoms with van der Waals surface area (Å²) in [5.41, 5.74) is 8.41. The van der Waals surface area contributed by atoms with Crippen LogP contribution in [-0.2, 0) is 32.6 Å². The van der Waals surface area contributed by atoms with Crippen LogP contribution in [0.1, 0.15) is 61.8 Å². The van der Waals surface area contributed by atoms with Gasteiger partial charge in [-0.3, -0.25) is 0 Å². The Hall–Kier alpha value is -0.0969. The van der Waals surface area contributed by atoms with E-state index in [2.05, 4.69) is 64.1 Å². The van der Waals surface area contributed by atoms with E-state index in [1.165, 1.54) is 33.4 Å². The Morgan fingerprint density at radius 3 is 2.09 bits per heavy atom. The normalized spacial score (nSPS) is 11.2. The van der Waals surface area contributed by atoms with Gasteiger partial charge in [0.1, 0.15) is 0 Å². The molecule has 0 saturated heterocycles. The minimum absolute atomic E-state index is 0. The molecule has 3 heteroatoms. The van der Waals surface area contributed by atoms with Crippen LogP contribution < -0.4 is 24.8 Å². The molecule has 0 aliphatic heterocycles. The van der Waals surface area contributed by atoms with Crippen molar-refractivity contribution in [1.82, 2.24) is 0 Å². The van der Waals surface area contributed by atoms with Crippen LogP contribution in [0.2, 0.25) is 0 Å². The van der Waals surface area contributed by atoms with Crippen molar-refractivity contribution in [3.05, 3.63) is 58.7 Å². The molecule has 3 rings (SSSR count). The molecular weight excluding hydrogens is 390 g/mol. The number of hydrogen-bond donors (Lipinski definition) is 0. The second-order valence-corrected chi connectivity index (χ2v) is 6.21. The van der Waals surface area contributed by atoms with E-state index in [0.29, 0.717) is 11.8 Å². The first-order valence-electron chi connectivity index (χ1n) is 7.24. The maximum absolute atomic E-state index is 3.62. The average Bonchev–Trinajstić information content (AvgIpc) is 2.74. The van der Waals surface area contributed by atoms with Crippen molar-refractivity contribution in [3.63, 3.8) is 0 Å². The van der Waals surface area contributed by atoms with Gasteiger partial charge in [0.05, 0.1) is 0 Å². The third-order valence-electron chi connectivity index (χ3n) is 4.13. The van der Waals surface area contributed by atoms with Crippen LogP contribution in [0, 0.1) is 6.07 Å². The SMILES string of the molecule is CC(C)c1[c-]c2c(cc1)-c1ccc(C(C)C)cc1C2.[Cl-].[Cl-].[Zr+3]. The molecule has 0 saturated carbocycles. The standard InChI is InChI=1S/C19H21.2ClH.Zr/c1-12(2)14-5-7-18-16(9-14)11-17-10-15(13(3)4)6-8-19(17)18;;;/h5-9,12-13H,11H2,1-4H3;2*1H;/q-1;;;+3/p-2. The fraction of sp³-hybridized carbons (Fsp3) is 0.368. The largest absolute Gasteiger partial charge is 3.00 e. The first-order chi connectivity index (χ1) is 9.06. The predicted octanol–water partition coefficient (Wildman–Crippen LogP) is -0.690. The average molecular weight is 412 g/mol. The fourth-order valence-electron chi connectivity index (χ4n) is 2.86. The summed E-state index contributed by atoms with van der Waals surface area (Å²) in [4.78, 5) is 0. The van der Waals surface area contributed by atoms with Crippen LogP contribution in [0.4, 0.5) is 0 Å². The van der Waals surface area contributed by atoms with E-state index in [4.69, 9.17) is 0 Å². The van der Waals surface area contributed by atoms with Gasteiger partial charge in [0, 0.05) is 0 Å². The molecule has 0 heterocycles. The van der Waals surface area contributed by atoms with Gasteiger partial charge in [0.25, 0.3) is 0 Å². The van der Waals surface area contributed by atoms with Gasteiger partial charge in [-0.25, -0.2) is 0 Å².